The van der Waals surface area contributed by atoms with Crippen molar-refractivity contribution >= 4 is 34.5 Å². The highest BCUT2D eigenvalue weighted by Crippen LogP contribution is 2.35. The molecule has 2 amide bonds. The molecule has 2 fully saturated rings. The highest BCUT2D eigenvalue weighted by molar-refractivity contribution is 7.99. The van der Waals surface area contributed by atoms with E-state index in [-0.39, 0.29) is 18.4 Å². The molecule has 2 heterocycles. The van der Waals surface area contributed by atoms with Gasteiger partial charge in [-0.2, -0.15) is 11.8 Å². The maximum atomic E-state index is 13.2. The molecule has 7 heteroatoms. The molecular formula is C23H30N2O4S. The van der Waals surface area contributed by atoms with Gasteiger partial charge in [-0.1, -0.05) is 37.5 Å². The summed E-state index contributed by atoms with van der Waals surface area (Å²) in [4.78, 5) is 29.0. The lowest BCUT2D eigenvalue weighted by Crippen LogP contribution is -2.46. The number of ether oxygens (including phenoxy) is 1. The quantitative estimate of drug-likeness (QED) is 0.695. The largest absolute Gasteiger partial charge is 0.451 e. The highest BCUT2D eigenvalue weighted by Gasteiger charge is 2.27. The van der Waals surface area contributed by atoms with Crippen LogP contribution in [0.3, 0.4) is 0 Å². The van der Waals surface area contributed by atoms with Crippen molar-refractivity contribution in [1.82, 2.24) is 9.80 Å². The SMILES string of the molecule is CN(CC(=O)N1CCOCC1)C(=O)c1oc2ccccc2c1CSC1CCCCC1. The second kappa shape index (κ2) is 9.88. The number of para-hydroxylation sites is 1. The Morgan fingerprint density at radius 1 is 1.13 bits per heavy atom. The summed E-state index contributed by atoms with van der Waals surface area (Å²) in [5, 5.41) is 1.65. The van der Waals surface area contributed by atoms with Crippen LogP contribution in [0.25, 0.3) is 11.0 Å². The zero-order chi connectivity index (χ0) is 20.9. The van der Waals surface area contributed by atoms with Gasteiger partial charge in [0.15, 0.2) is 5.76 Å². The Labute approximate surface area is 181 Å². The van der Waals surface area contributed by atoms with Gasteiger partial charge in [0.1, 0.15) is 5.58 Å². The van der Waals surface area contributed by atoms with E-state index >= 15 is 0 Å². The monoisotopic (exact) mass is 430 g/mol. The molecule has 2 aromatic rings. The molecule has 1 aliphatic carbocycles. The van der Waals surface area contributed by atoms with E-state index in [1.54, 1.807) is 11.9 Å². The van der Waals surface area contributed by atoms with Crippen molar-refractivity contribution in [3.05, 3.63) is 35.6 Å². The molecule has 162 valence electrons. The molecular weight excluding hydrogens is 400 g/mol. The Morgan fingerprint density at radius 2 is 1.87 bits per heavy atom. The van der Waals surface area contributed by atoms with Crippen molar-refractivity contribution in [3.63, 3.8) is 0 Å². The van der Waals surface area contributed by atoms with Crippen LogP contribution in [-0.2, 0) is 15.3 Å². The summed E-state index contributed by atoms with van der Waals surface area (Å²) >= 11 is 1.93. The van der Waals surface area contributed by atoms with Crippen LogP contribution in [0.2, 0.25) is 0 Å². The van der Waals surface area contributed by atoms with Crippen molar-refractivity contribution in [1.29, 1.82) is 0 Å². The summed E-state index contributed by atoms with van der Waals surface area (Å²) < 4.78 is 11.3. The average molecular weight is 431 g/mol. The van der Waals surface area contributed by atoms with Crippen LogP contribution in [0.1, 0.15) is 48.2 Å². The van der Waals surface area contributed by atoms with E-state index in [1.165, 1.54) is 37.0 Å². The molecule has 1 saturated heterocycles. The Kier molecular flexibility index (Phi) is 7.00. The predicted octanol–water partition coefficient (Wildman–Crippen LogP) is 3.93. The lowest BCUT2D eigenvalue weighted by atomic mass is 10.0. The Hall–Kier alpha value is -1.99. The van der Waals surface area contributed by atoms with Crippen LogP contribution in [0.4, 0.5) is 0 Å². The number of nitrogens with zero attached hydrogens (tertiary/aromatic N) is 2. The van der Waals surface area contributed by atoms with Gasteiger partial charge in [0.2, 0.25) is 5.91 Å². The fourth-order valence-corrected chi connectivity index (χ4v) is 5.56. The minimum absolute atomic E-state index is 0.0467. The maximum absolute atomic E-state index is 13.2. The first-order valence-corrected chi connectivity index (χ1v) is 11.9. The number of amides is 2. The molecule has 1 saturated carbocycles. The smallest absolute Gasteiger partial charge is 0.290 e. The van der Waals surface area contributed by atoms with Crippen LogP contribution in [0.15, 0.2) is 28.7 Å². The number of fused-ring (bicyclic) bond motifs is 1. The number of benzene rings is 1. The number of carbonyl (C=O) groups is 2. The van der Waals surface area contributed by atoms with Gasteiger partial charge >= 0.3 is 0 Å². The molecule has 0 atom stereocenters. The van der Waals surface area contributed by atoms with Crippen molar-refractivity contribution in [3.8, 4) is 0 Å². The summed E-state index contributed by atoms with van der Waals surface area (Å²) in [5.74, 6) is 0.848. The molecule has 1 aromatic carbocycles. The van der Waals surface area contributed by atoms with E-state index < -0.39 is 0 Å². The van der Waals surface area contributed by atoms with Crippen LogP contribution in [-0.4, -0.2) is 66.8 Å². The zero-order valence-electron chi connectivity index (χ0n) is 17.6. The van der Waals surface area contributed by atoms with Crippen molar-refractivity contribution < 1.29 is 18.7 Å². The van der Waals surface area contributed by atoms with Gasteiger partial charge in [-0.15, -0.1) is 0 Å². The minimum Gasteiger partial charge on any atom is -0.451 e. The third-order valence-electron chi connectivity index (χ3n) is 5.99. The van der Waals surface area contributed by atoms with Gasteiger partial charge in [0.05, 0.1) is 19.8 Å². The Balaban J connectivity index is 1.49. The van der Waals surface area contributed by atoms with E-state index in [0.717, 1.165) is 22.3 Å². The van der Waals surface area contributed by atoms with Crippen molar-refractivity contribution in [2.24, 2.45) is 0 Å². The molecule has 6 nitrogen and oxygen atoms in total. The molecule has 1 aliphatic heterocycles. The second-order valence-electron chi connectivity index (χ2n) is 8.13. The molecule has 0 bridgehead atoms. The number of morpholine rings is 1. The third kappa shape index (κ3) is 4.83. The lowest BCUT2D eigenvalue weighted by Gasteiger charge is -2.28. The Morgan fingerprint density at radius 3 is 2.63 bits per heavy atom. The fourth-order valence-electron chi connectivity index (χ4n) is 4.21. The molecule has 30 heavy (non-hydrogen) atoms. The minimum atomic E-state index is -0.230. The third-order valence-corrected chi connectivity index (χ3v) is 7.39. The Bertz CT molecular complexity index is 884. The zero-order valence-corrected chi connectivity index (χ0v) is 18.4. The summed E-state index contributed by atoms with van der Waals surface area (Å²) in [6.45, 7) is 2.31. The molecule has 0 unspecified atom stereocenters. The van der Waals surface area contributed by atoms with Gasteiger partial charge in [0, 0.05) is 42.1 Å². The van der Waals surface area contributed by atoms with E-state index in [4.69, 9.17) is 9.15 Å². The number of furan rings is 1. The number of hydrogen-bond acceptors (Lipinski definition) is 5. The van der Waals surface area contributed by atoms with Gasteiger partial charge in [0.25, 0.3) is 5.91 Å². The highest BCUT2D eigenvalue weighted by atomic mass is 32.2. The van der Waals surface area contributed by atoms with E-state index in [2.05, 4.69) is 0 Å². The summed E-state index contributed by atoms with van der Waals surface area (Å²) in [5.41, 5.74) is 1.69. The van der Waals surface area contributed by atoms with Gasteiger partial charge in [-0.3, -0.25) is 9.59 Å². The molecule has 0 N–H and O–H groups in total. The number of likely N-dealkylation sites (N-methyl/N-ethyl adjacent to an activating group) is 1. The standard InChI is InChI=1S/C23H30N2O4S/c1-24(15-21(26)25-11-13-28-14-12-25)23(27)22-19(16-30-17-7-3-2-4-8-17)18-9-5-6-10-20(18)29-22/h5-6,9-10,17H,2-4,7-8,11-16H2,1H3. The number of rotatable bonds is 6. The molecule has 0 spiro atoms. The lowest BCUT2D eigenvalue weighted by molar-refractivity contribution is -0.135. The predicted molar refractivity (Wildman–Crippen MR) is 119 cm³/mol. The van der Waals surface area contributed by atoms with Gasteiger partial charge in [-0.05, 0) is 18.9 Å². The topological polar surface area (TPSA) is 63.0 Å². The van der Waals surface area contributed by atoms with Gasteiger partial charge < -0.3 is 19.0 Å². The summed E-state index contributed by atoms with van der Waals surface area (Å²) in [6, 6.07) is 7.82. The van der Waals surface area contributed by atoms with Crippen LogP contribution >= 0.6 is 11.8 Å². The average Bonchev–Trinajstić information content (AvgIpc) is 3.17. The molecule has 4 rings (SSSR count). The van der Waals surface area contributed by atoms with Crippen molar-refractivity contribution in [2.75, 3.05) is 39.9 Å². The van der Waals surface area contributed by atoms with Crippen molar-refractivity contribution in [2.45, 2.75) is 43.1 Å². The van der Waals surface area contributed by atoms with Crippen LogP contribution < -0.4 is 0 Å². The summed E-state index contributed by atoms with van der Waals surface area (Å²) in [7, 11) is 1.67. The molecule has 1 aromatic heterocycles. The number of carbonyl (C=O) groups excluding carboxylic acids is 2. The van der Waals surface area contributed by atoms with E-state index in [9.17, 15) is 9.59 Å². The van der Waals surface area contributed by atoms with Crippen LogP contribution in [0.5, 0.6) is 0 Å². The first-order chi connectivity index (χ1) is 14.6. The normalized spacial score (nSPS) is 18.0. The van der Waals surface area contributed by atoms with Gasteiger partial charge in [-0.25, -0.2) is 0 Å². The van der Waals surface area contributed by atoms with Crippen LogP contribution in [0, 0.1) is 0 Å². The first-order valence-electron chi connectivity index (χ1n) is 10.9. The molecule has 0 radical (unpaired) electrons. The number of hydrogen-bond donors (Lipinski definition) is 0. The summed E-state index contributed by atoms with van der Waals surface area (Å²) in [6.07, 6.45) is 6.41. The fraction of sp³-hybridized carbons (Fsp3) is 0.565. The first kappa shape index (κ1) is 21.2. The van der Waals surface area contributed by atoms with E-state index in [0.29, 0.717) is 37.3 Å². The van der Waals surface area contributed by atoms with E-state index in [1.807, 2.05) is 36.0 Å². The molecule has 2 aliphatic rings. The maximum Gasteiger partial charge on any atom is 0.290 e. The second-order valence-corrected chi connectivity index (χ2v) is 9.42. The number of thioether (sulfide) groups is 1.